The first-order chi connectivity index (χ1) is 9.78. The topological polar surface area (TPSA) is 59.6 Å². The van der Waals surface area contributed by atoms with Gasteiger partial charge in [-0.25, -0.2) is 9.59 Å². The predicted octanol–water partition coefficient (Wildman–Crippen LogP) is 3.43. The molecule has 0 unspecified atom stereocenters. The average molecular weight is 263 g/mol. The summed E-state index contributed by atoms with van der Waals surface area (Å²) < 4.78 is 5.28. The summed E-state index contributed by atoms with van der Waals surface area (Å²) in [4.78, 5) is 25.7. The molecule has 1 aromatic heterocycles. The Morgan fingerprint density at radius 2 is 1.75 bits per heavy atom. The van der Waals surface area contributed by atoms with Crippen molar-refractivity contribution in [3.05, 3.63) is 65.0 Å². The summed E-state index contributed by atoms with van der Waals surface area (Å²) in [6.07, 6.45) is 1.47. The quantitative estimate of drug-likeness (QED) is 0.404. The van der Waals surface area contributed by atoms with Crippen molar-refractivity contribution in [2.24, 2.45) is 4.99 Å². The van der Waals surface area contributed by atoms with E-state index in [1.807, 2.05) is 18.2 Å². The van der Waals surface area contributed by atoms with Crippen LogP contribution in [0.4, 0.5) is 5.69 Å². The van der Waals surface area contributed by atoms with Gasteiger partial charge in [0.15, 0.2) is 0 Å². The van der Waals surface area contributed by atoms with Gasteiger partial charge in [0.2, 0.25) is 6.08 Å². The Morgan fingerprint density at radius 3 is 2.50 bits per heavy atom. The molecule has 0 amide bonds. The second-order valence-corrected chi connectivity index (χ2v) is 4.24. The van der Waals surface area contributed by atoms with E-state index in [9.17, 15) is 9.59 Å². The zero-order valence-electron chi connectivity index (χ0n) is 10.4. The lowest BCUT2D eigenvalue weighted by atomic mass is 10.1. The van der Waals surface area contributed by atoms with E-state index in [2.05, 4.69) is 4.99 Å². The summed E-state index contributed by atoms with van der Waals surface area (Å²) >= 11 is 0. The highest BCUT2D eigenvalue weighted by Crippen LogP contribution is 2.23. The van der Waals surface area contributed by atoms with Gasteiger partial charge in [-0.1, -0.05) is 30.3 Å². The molecule has 0 fully saturated rings. The maximum atomic E-state index is 12.0. The first kappa shape index (κ1) is 12.1. The smallest absolute Gasteiger partial charge is 0.344 e. The van der Waals surface area contributed by atoms with Crippen molar-refractivity contribution in [3.8, 4) is 11.1 Å². The molecule has 96 valence electrons. The number of rotatable bonds is 2. The molecular weight excluding hydrogens is 254 g/mol. The van der Waals surface area contributed by atoms with Gasteiger partial charge in [-0.2, -0.15) is 4.99 Å². The van der Waals surface area contributed by atoms with Gasteiger partial charge in [-0.05, 0) is 29.8 Å². The van der Waals surface area contributed by atoms with Crippen LogP contribution in [0.5, 0.6) is 0 Å². The van der Waals surface area contributed by atoms with Crippen LogP contribution in [0.3, 0.4) is 0 Å². The maximum Gasteiger partial charge on any atom is 0.344 e. The number of aliphatic imine (C=N–C) groups is 1. The lowest BCUT2D eigenvalue weighted by Gasteiger charge is -2.02. The standard InChI is InChI=1S/C16H9NO3/c18-10-17-13-7-5-11(6-8-13)14-9-12-3-1-2-4-15(12)20-16(14)19/h1-9H. The third kappa shape index (κ3) is 2.16. The minimum Gasteiger partial charge on any atom is -0.422 e. The molecule has 0 radical (unpaired) electrons. The highest BCUT2D eigenvalue weighted by molar-refractivity contribution is 5.81. The number of nitrogens with zero attached hydrogens (tertiary/aromatic N) is 1. The molecule has 4 nitrogen and oxygen atoms in total. The number of hydrogen-bond acceptors (Lipinski definition) is 4. The number of isocyanates is 1. The Morgan fingerprint density at radius 1 is 1.00 bits per heavy atom. The van der Waals surface area contributed by atoms with Gasteiger partial charge < -0.3 is 4.42 Å². The summed E-state index contributed by atoms with van der Waals surface area (Å²) in [6.45, 7) is 0. The molecule has 3 aromatic rings. The van der Waals surface area contributed by atoms with E-state index < -0.39 is 5.63 Å². The fraction of sp³-hybridized carbons (Fsp3) is 0. The van der Waals surface area contributed by atoms with Crippen LogP contribution in [-0.2, 0) is 4.79 Å². The van der Waals surface area contributed by atoms with Gasteiger partial charge in [0.1, 0.15) is 5.58 Å². The molecule has 0 saturated carbocycles. The molecule has 0 spiro atoms. The van der Waals surface area contributed by atoms with Gasteiger partial charge >= 0.3 is 5.63 Å². The first-order valence-corrected chi connectivity index (χ1v) is 5.99. The molecule has 0 bridgehead atoms. The minimum atomic E-state index is -0.393. The Hall–Kier alpha value is -2.97. The molecule has 20 heavy (non-hydrogen) atoms. The Kier molecular flexibility index (Phi) is 2.99. The molecule has 0 aliphatic rings. The van der Waals surface area contributed by atoms with Crippen molar-refractivity contribution in [1.29, 1.82) is 0 Å². The van der Waals surface area contributed by atoms with Crippen molar-refractivity contribution in [1.82, 2.24) is 0 Å². The molecule has 0 aliphatic heterocycles. The summed E-state index contributed by atoms with van der Waals surface area (Å²) in [5.41, 5.74) is 1.85. The molecule has 4 heteroatoms. The molecule has 0 N–H and O–H groups in total. The third-order valence-electron chi connectivity index (χ3n) is 2.99. The lowest BCUT2D eigenvalue weighted by Crippen LogP contribution is -2.02. The van der Waals surface area contributed by atoms with Crippen molar-refractivity contribution in [3.63, 3.8) is 0 Å². The SMILES string of the molecule is O=C=Nc1ccc(-c2cc3ccccc3oc2=O)cc1. The van der Waals surface area contributed by atoms with Gasteiger partial charge in [-0.15, -0.1) is 0 Å². The van der Waals surface area contributed by atoms with Gasteiger partial charge in [0, 0.05) is 5.39 Å². The van der Waals surface area contributed by atoms with Gasteiger partial charge in [0.25, 0.3) is 0 Å². The number of carbonyl (C=O) groups excluding carboxylic acids is 1. The average Bonchev–Trinajstić information content (AvgIpc) is 2.48. The minimum absolute atomic E-state index is 0.393. The molecule has 2 aromatic carbocycles. The van der Waals surface area contributed by atoms with Crippen LogP contribution in [0.15, 0.2) is 68.8 Å². The number of hydrogen-bond donors (Lipinski definition) is 0. The normalized spacial score (nSPS) is 10.2. The second kappa shape index (κ2) is 4.96. The van der Waals surface area contributed by atoms with Crippen LogP contribution >= 0.6 is 0 Å². The van der Waals surface area contributed by atoms with Crippen LogP contribution in [0.25, 0.3) is 22.1 Å². The van der Waals surface area contributed by atoms with E-state index in [0.717, 1.165) is 5.39 Å². The van der Waals surface area contributed by atoms with Crippen LogP contribution < -0.4 is 5.63 Å². The second-order valence-electron chi connectivity index (χ2n) is 4.24. The van der Waals surface area contributed by atoms with Crippen molar-refractivity contribution < 1.29 is 9.21 Å². The van der Waals surface area contributed by atoms with Crippen molar-refractivity contribution in [2.75, 3.05) is 0 Å². The van der Waals surface area contributed by atoms with Crippen LogP contribution in [0, 0.1) is 0 Å². The Labute approximate surface area is 114 Å². The Balaban J connectivity index is 2.16. The van der Waals surface area contributed by atoms with E-state index >= 15 is 0 Å². The number of para-hydroxylation sites is 1. The summed E-state index contributed by atoms with van der Waals surface area (Å²) in [7, 11) is 0. The summed E-state index contributed by atoms with van der Waals surface area (Å²) in [6, 6.07) is 15.9. The number of fused-ring (bicyclic) bond motifs is 1. The maximum absolute atomic E-state index is 12.0. The highest BCUT2D eigenvalue weighted by Gasteiger charge is 2.07. The Bertz CT molecular complexity index is 872. The predicted molar refractivity (Wildman–Crippen MR) is 75.7 cm³/mol. The monoisotopic (exact) mass is 263 g/mol. The molecular formula is C16H9NO3. The van der Waals surface area contributed by atoms with Gasteiger partial charge in [0.05, 0.1) is 11.3 Å². The zero-order valence-corrected chi connectivity index (χ0v) is 10.4. The first-order valence-electron chi connectivity index (χ1n) is 5.99. The van der Waals surface area contributed by atoms with E-state index in [0.29, 0.717) is 22.4 Å². The zero-order chi connectivity index (χ0) is 13.9. The van der Waals surface area contributed by atoms with E-state index in [4.69, 9.17) is 4.42 Å². The molecule has 0 atom stereocenters. The van der Waals surface area contributed by atoms with E-state index in [1.165, 1.54) is 6.08 Å². The molecule has 0 saturated heterocycles. The molecule has 0 aliphatic carbocycles. The molecule has 3 rings (SSSR count). The van der Waals surface area contributed by atoms with Crippen LogP contribution in [0.2, 0.25) is 0 Å². The summed E-state index contributed by atoms with van der Waals surface area (Å²) in [5, 5.41) is 0.858. The van der Waals surface area contributed by atoms with Crippen molar-refractivity contribution >= 4 is 22.7 Å². The van der Waals surface area contributed by atoms with Gasteiger partial charge in [-0.3, -0.25) is 0 Å². The highest BCUT2D eigenvalue weighted by atomic mass is 16.4. The van der Waals surface area contributed by atoms with Crippen molar-refractivity contribution in [2.45, 2.75) is 0 Å². The largest absolute Gasteiger partial charge is 0.422 e. The molecule has 1 heterocycles. The van der Waals surface area contributed by atoms with Crippen LogP contribution in [-0.4, -0.2) is 6.08 Å². The van der Waals surface area contributed by atoms with Crippen LogP contribution in [0.1, 0.15) is 0 Å². The fourth-order valence-electron chi connectivity index (χ4n) is 2.03. The van der Waals surface area contributed by atoms with E-state index in [1.54, 1.807) is 36.4 Å². The lowest BCUT2D eigenvalue weighted by molar-refractivity contribution is 0.563. The summed E-state index contributed by atoms with van der Waals surface area (Å²) in [5.74, 6) is 0. The van der Waals surface area contributed by atoms with E-state index in [-0.39, 0.29) is 0 Å². The third-order valence-corrected chi connectivity index (χ3v) is 2.99. The number of benzene rings is 2. The fourth-order valence-corrected chi connectivity index (χ4v) is 2.03.